The number of hydrogen-bond acceptors (Lipinski definition) is 7. The number of benzene rings is 2. The highest BCUT2D eigenvalue weighted by Crippen LogP contribution is 2.24. The number of morpholine rings is 1. The van der Waals surface area contributed by atoms with Crippen LogP contribution in [0, 0.1) is 0 Å². The fourth-order valence-corrected chi connectivity index (χ4v) is 3.38. The molecule has 1 aliphatic heterocycles. The summed E-state index contributed by atoms with van der Waals surface area (Å²) in [5.74, 6) is 1.25. The second-order valence-corrected chi connectivity index (χ2v) is 6.80. The molecule has 0 saturated carbocycles. The van der Waals surface area contributed by atoms with E-state index in [2.05, 4.69) is 47.6 Å². The van der Waals surface area contributed by atoms with Gasteiger partial charge in [0.2, 0.25) is 5.95 Å². The maximum atomic E-state index is 5.44. The Morgan fingerprint density at radius 3 is 2.76 bits per heavy atom. The Morgan fingerprint density at radius 2 is 1.83 bits per heavy atom. The average Bonchev–Trinajstić information content (AvgIpc) is 3.23. The SMILES string of the molecule is c1cc(Nc2nccc(Nc3ccc4nc[nH]c4c3)n2)cc(N2CCOCC2)c1. The molecule has 0 amide bonds. The van der Waals surface area contributed by atoms with E-state index in [0.29, 0.717) is 11.8 Å². The summed E-state index contributed by atoms with van der Waals surface area (Å²) in [5, 5.41) is 6.61. The van der Waals surface area contributed by atoms with Crippen molar-refractivity contribution < 1.29 is 4.74 Å². The van der Waals surface area contributed by atoms with Crippen LogP contribution in [0.15, 0.2) is 61.1 Å². The Bertz CT molecular complexity index is 1120. The molecule has 0 unspecified atom stereocenters. The van der Waals surface area contributed by atoms with Crippen molar-refractivity contribution in [1.29, 1.82) is 0 Å². The molecule has 2 aromatic heterocycles. The van der Waals surface area contributed by atoms with Gasteiger partial charge in [-0.15, -0.1) is 0 Å². The molecule has 29 heavy (non-hydrogen) atoms. The predicted octanol–water partition coefficient (Wildman–Crippen LogP) is 3.68. The molecule has 0 bridgehead atoms. The molecule has 4 aromatic rings. The number of aromatic nitrogens is 4. The topological polar surface area (TPSA) is 91.0 Å². The number of H-pyrrole nitrogens is 1. The lowest BCUT2D eigenvalue weighted by molar-refractivity contribution is 0.122. The smallest absolute Gasteiger partial charge is 0.229 e. The zero-order chi connectivity index (χ0) is 19.5. The van der Waals surface area contributed by atoms with Crippen LogP contribution in [0.25, 0.3) is 11.0 Å². The number of rotatable bonds is 5. The summed E-state index contributed by atoms with van der Waals surface area (Å²) in [5.41, 5.74) is 4.95. The van der Waals surface area contributed by atoms with Crippen molar-refractivity contribution in [2.75, 3.05) is 41.8 Å². The molecule has 146 valence electrons. The Balaban J connectivity index is 1.32. The van der Waals surface area contributed by atoms with E-state index in [4.69, 9.17) is 4.74 Å². The van der Waals surface area contributed by atoms with Crippen molar-refractivity contribution in [3.63, 3.8) is 0 Å². The largest absolute Gasteiger partial charge is 0.378 e. The van der Waals surface area contributed by atoms with Gasteiger partial charge in [0, 0.05) is 36.3 Å². The van der Waals surface area contributed by atoms with Gasteiger partial charge in [-0.05, 0) is 42.5 Å². The van der Waals surface area contributed by atoms with E-state index in [9.17, 15) is 0 Å². The van der Waals surface area contributed by atoms with Crippen LogP contribution in [0.4, 0.5) is 28.8 Å². The van der Waals surface area contributed by atoms with E-state index >= 15 is 0 Å². The number of nitrogens with one attached hydrogen (secondary N) is 3. The molecule has 5 rings (SSSR count). The van der Waals surface area contributed by atoms with Crippen molar-refractivity contribution in [3.05, 3.63) is 61.1 Å². The monoisotopic (exact) mass is 387 g/mol. The molecule has 8 nitrogen and oxygen atoms in total. The first-order valence-electron chi connectivity index (χ1n) is 9.56. The highest BCUT2D eigenvalue weighted by molar-refractivity contribution is 5.79. The minimum absolute atomic E-state index is 0.539. The minimum Gasteiger partial charge on any atom is -0.378 e. The van der Waals surface area contributed by atoms with E-state index in [1.165, 1.54) is 5.69 Å². The summed E-state index contributed by atoms with van der Waals surface area (Å²) in [4.78, 5) is 18.6. The van der Waals surface area contributed by atoms with Crippen LogP contribution in [0.3, 0.4) is 0 Å². The van der Waals surface area contributed by atoms with Gasteiger partial charge < -0.3 is 25.3 Å². The first-order valence-corrected chi connectivity index (χ1v) is 9.56. The van der Waals surface area contributed by atoms with Crippen molar-refractivity contribution in [2.24, 2.45) is 0 Å². The van der Waals surface area contributed by atoms with Crippen molar-refractivity contribution in [1.82, 2.24) is 19.9 Å². The predicted molar refractivity (Wildman–Crippen MR) is 114 cm³/mol. The van der Waals surface area contributed by atoms with Crippen molar-refractivity contribution in [2.45, 2.75) is 0 Å². The number of aromatic amines is 1. The second-order valence-electron chi connectivity index (χ2n) is 6.80. The fourth-order valence-electron chi connectivity index (χ4n) is 3.38. The van der Waals surface area contributed by atoms with Gasteiger partial charge in [0.1, 0.15) is 5.82 Å². The van der Waals surface area contributed by atoms with Crippen LogP contribution in [0.1, 0.15) is 0 Å². The summed E-state index contributed by atoms with van der Waals surface area (Å²) in [6.45, 7) is 3.33. The molecule has 2 aromatic carbocycles. The molecule has 0 spiro atoms. The van der Waals surface area contributed by atoms with E-state index in [1.54, 1.807) is 12.5 Å². The lowest BCUT2D eigenvalue weighted by atomic mass is 10.2. The van der Waals surface area contributed by atoms with E-state index in [1.807, 2.05) is 36.4 Å². The third kappa shape index (κ3) is 3.97. The molecular weight excluding hydrogens is 366 g/mol. The quantitative estimate of drug-likeness (QED) is 0.481. The molecule has 8 heteroatoms. The maximum absolute atomic E-state index is 5.44. The first kappa shape index (κ1) is 17.4. The standard InChI is InChI=1S/C21H21N7O/c1-2-15(12-17(3-1)28-8-10-29-11-9-28)26-21-22-7-6-20(27-21)25-16-4-5-18-19(13-16)24-14-23-18/h1-7,12-14H,8-11H2,(H,23,24)(H2,22,25,26,27). The van der Waals surface area contributed by atoms with Gasteiger partial charge >= 0.3 is 0 Å². The van der Waals surface area contributed by atoms with Gasteiger partial charge in [0.25, 0.3) is 0 Å². The molecule has 1 aliphatic rings. The lowest BCUT2D eigenvalue weighted by Crippen LogP contribution is -2.36. The fraction of sp³-hybridized carbons (Fsp3) is 0.190. The van der Waals surface area contributed by atoms with Crippen LogP contribution < -0.4 is 15.5 Å². The summed E-state index contributed by atoms with van der Waals surface area (Å²) in [7, 11) is 0. The van der Waals surface area contributed by atoms with Crippen LogP contribution in [-0.4, -0.2) is 46.2 Å². The van der Waals surface area contributed by atoms with E-state index in [0.717, 1.165) is 48.7 Å². The van der Waals surface area contributed by atoms with Crippen LogP contribution in [0.5, 0.6) is 0 Å². The normalized spacial score (nSPS) is 14.1. The second kappa shape index (κ2) is 7.76. The maximum Gasteiger partial charge on any atom is 0.229 e. The molecule has 3 N–H and O–H groups in total. The number of ether oxygens (including phenoxy) is 1. The number of hydrogen-bond donors (Lipinski definition) is 3. The van der Waals surface area contributed by atoms with Gasteiger partial charge in [-0.3, -0.25) is 0 Å². The molecule has 3 heterocycles. The third-order valence-corrected chi connectivity index (χ3v) is 4.83. The highest BCUT2D eigenvalue weighted by atomic mass is 16.5. The van der Waals surface area contributed by atoms with Gasteiger partial charge in [0.15, 0.2) is 0 Å². The summed E-state index contributed by atoms with van der Waals surface area (Å²) in [6, 6.07) is 16.1. The van der Waals surface area contributed by atoms with Crippen molar-refractivity contribution in [3.8, 4) is 0 Å². The number of nitrogens with zero attached hydrogens (tertiary/aromatic N) is 4. The van der Waals surface area contributed by atoms with Gasteiger partial charge in [-0.1, -0.05) is 6.07 Å². The lowest BCUT2D eigenvalue weighted by Gasteiger charge is -2.29. The number of fused-ring (bicyclic) bond motifs is 1. The third-order valence-electron chi connectivity index (χ3n) is 4.83. The summed E-state index contributed by atoms with van der Waals surface area (Å²) < 4.78 is 5.44. The van der Waals surface area contributed by atoms with Gasteiger partial charge in [0.05, 0.1) is 30.6 Å². The molecular formula is C21H21N7O. The van der Waals surface area contributed by atoms with Crippen LogP contribution in [-0.2, 0) is 4.74 Å². The number of anilines is 5. The minimum atomic E-state index is 0.539. The molecule has 0 radical (unpaired) electrons. The first-order chi connectivity index (χ1) is 14.3. The van der Waals surface area contributed by atoms with Gasteiger partial charge in [-0.25, -0.2) is 9.97 Å². The van der Waals surface area contributed by atoms with Crippen LogP contribution >= 0.6 is 0 Å². The molecule has 0 atom stereocenters. The molecule has 1 saturated heterocycles. The Morgan fingerprint density at radius 1 is 0.931 bits per heavy atom. The Kier molecular flexibility index (Phi) is 4.67. The molecule has 0 aliphatic carbocycles. The van der Waals surface area contributed by atoms with E-state index in [-0.39, 0.29) is 0 Å². The highest BCUT2D eigenvalue weighted by Gasteiger charge is 2.11. The Labute approximate surface area is 168 Å². The van der Waals surface area contributed by atoms with Crippen LogP contribution in [0.2, 0.25) is 0 Å². The molecule has 1 fully saturated rings. The summed E-state index contributed by atoms with van der Waals surface area (Å²) in [6.07, 6.45) is 3.42. The average molecular weight is 387 g/mol. The Hall–Kier alpha value is -3.65. The zero-order valence-electron chi connectivity index (χ0n) is 15.8. The van der Waals surface area contributed by atoms with Gasteiger partial charge in [-0.2, -0.15) is 4.98 Å². The summed E-state index contributed by atoms with van der Waals surface area (Å²) >= 11 is 0. The van der Waals surface area contributed by atoms with E-state index < -0.39 is 0 Å². The van der Waals surface area contributed by atoms with Crippen molar-refractivity contribution >= 4 is 39.9 Å². The zero-order valence-corrected chi connectivity index (χ0v) is 15.8. The number of imidazole rings is 1.